The van der Waals surface area contributed by atoms with E-state index >= 15 is 0 Å². The lowest BCUT2D eigenvalue weighted by Gasteiger charge is -2.33. The smallest absolute Gasteiger partial charge is 0.303 e. The van der Waals surface area contributed by atoms with Crippen LogP contribution in [-0.4, -0.2) is 24.9 Å². The fourth-order valence-corrected chi connectivity index (χ4v) is 4.65. The molecule has 0 saturated carbocycles. The maximum Gasteiger partial charge on any atom is 0.303 e. The van der Waals surface area contributed by atoms with Gasteiger partial charge >= 0.3 is 5.91 Å². The first-order valence-electron chi connectivity index (χ1n) is 7.63. The van der Waals surface area contributed by atoms with Crippen LogP contribution in [0.15, 0.2) is 29.6 Å². The van der Waals surface area contributed by atoms with E-state index in [0.29, 0.717) is 29.0 Å². The molecular formula is C17H16ClN2O2S+. The molecule has 3 heterocycles. The molecule has 118 valence electrons. The molecule has 1 aromatic carbocycles. The van der Waals surface area contributed by atoms with Crippen molar-refractivity contribution in [2.24, 2.45) is 0 Å². The van der Waals surface area contributed by atoms with Gasteiger partial charge in [-0.25, -0.2) is 0 Å². The second-order valence-electron chi connectivity index (χ2n) is 6.06. The number of quaternary nitrogens is 1. The van der Waals surface area contributed by atoms with Crippen LogP contribution in [0, 0.1) is 0 Å². The Labute approximate surface area is 143 Å². The van der Waals surface area contributed by atoms with E-state index < -0.39 is 11.7 Å². The van der Waals surface area contributed by atoms with E-state index in [4.69, 9.17) is 11.6 Å². The number of thiophene rings is 1. The zero-order valence-electron chi connectivity index (χ0n) is 12.6. The summed E-state index contributed by atoms with van der Waals surface area (Å²) in [5.74, 6) is -0.902. The third-order valence-corrected chi connectivity index (χ3v) is 6.06. The highest BCUT2D eigenvalue weighted by Gasteiger charge is 2.39. The first-order chi connectivity index (χ1) is 11.1. The lowest BCUT2D eigenvalue weighted by atomic mass is 10.0. The standard InChI is InChI=1S/C17H15ClN2O2S/c1-10-12-5-7-23-15(12)4-6-19(10)9-20-14-3-2-11(18)8-13(14)16(21)17(20)22/h2-3,5,7-8,10H,4,6,9H2,1H3/p+1/t10-/m0/s1. The molecule has 1 amide bonds. The van der Waals surface area contributed by atoms with Crippen LogP contribution in [0.25, 0.3) is 0 Å². The monoisotopic (exact) mass is 347 g/mol. The average molecular weight is 348 g/mol. The molecule has 0 aliphatic carbocycles. The molecule has 0 bridgehead atoms. The van der Waals surface area contributed by atoms with Crippen molar-refractivity contribution in [3.8, 4) is 0 Å². The van der Waals surface area contributed by atoms with E-state index in [1.54, 1.807) is 34.4 Å². The maximum absolute atomic E-state index is 12.4. The molecule has 2 atom stereocenters. The van der Waals surface area contributed by atoms with Crippen molar-refractivity contribution in [3.05, 3.63) is 50.7 Å². The van der Waals surface area contributed by atoms with E-state index in [-0.39, 0.29) is 0 Å². The Bertz CT molecular complexity index is 817. The number of carbonyl (C=O) groups is 2. The number of hydrogen-bond acceptors (Lipinski definition) is 3. The number of Topliss-reactive ketones (excluding diaryl/α,β-unsaturated/α-hetero) is 1. The zero-order chi connectivity index (χ0) is 16.1. The molecule has 0 radical (unpaired) electrons. The van der Waals surface area contributed by atoms with E-state index in [0.717, 1.165) is 13.0 Å². The largest absolute Gasteiger partial charge is 0.311 e. The van der Waals surface area contributed by atoms with Gasteiger partial charge in [-0.2, -0.15) is 0 Å². The van der Waals surface area contributed by atoms with E-state index in [1.807, 2.05) is 0 Å². The molecule has 4 nitrogen and oxygen atoms in total. The predicted octanol–water partition coefficient (Wildman–Crippen LogP) is 2.09. The quantitative estimate of drug-likeness (QED) is 0.845. The van der Waals surface area contributed by atoms with Gasteiger partial charge in [-0.05, 0) is 36.6 Å². The predicted molar refractivity (Wildman–Crippen MR) is 90.4 cm³/mol. The number of anilines is 1. The highest BCUT2D eigenvalue weighted by molar-refractivity contribution is 7.10. The lowest BCUT2D eigenvalue weighted by molar-refractivity contribution is -0.930. The number of nitrogens with one attached hydrogen (secondary N) is 1. The molecule has 0 spiro atoms. The van der Waals surface area contributed by atoms with Crippen LogP contribution in [0.2, 0.25) is 5.02 Å². The molecule has 4 rings (SSSR count). The summed E-state index contributed by atoms with van der Waals surface area (Å²) in [7, 11) is 0. The van der Waals surface area contributed by atoms with E-state index in [2.05, 4.69) is 18.4 Å². The summed E-state index contributed by atoms with van der Waals surface area (Å²) in [5.41, 5.74) is 2.47. The first kappa shape index (κ1) is 14.9. The van der Waals surface area contributed by atoms with Gasteiger partial charge in [0.1, 0.15) is 6.04 Å². The Balaban J connectivity index is 1.63. The van der Waals surface area contributed by atoms with Crippen LogP contribution in [0.4, 0.5) is 5.69 Å². The molecule has 1 N–H and O–H groups in total. The minimum atomic E-state index is -0.456. The second kappa shape index (κ2) is 5.44. The topological polar surface area (TPSA) is 41.8 Å². The van der Waals surface area contributed by atoms with Gasteiger partial charge in [0, 0.05) is 21.9 Å². The van der Waals surface area contributed by atoms with Crippen LogP contribution < -0.4 is 9.80 Å². The van der Waals surface area contributed by atoms with E-state index in [1.165, 1.54) is 15.3 Å². The third-order valence-electron chi connectivity index (χ3n) is 4.83. The molecule has 23 heavy (non-hydrogen) atoms. The van der Waals surface area contributed by atoms with Gasteiger partial charge < -0.3 is 4.90 Å². The van der Waals surface area contributed by atoms with Gasteiger partial charge in [-0.3, -0.25) is 14.5 Å². The summed E-state index contributed by atoms with van der Waals surface area (Å²) >= 11 is 7.76. The second-order valence-corrected chi connectivity index (χ2v) is 7.50. The van der Waals surface area contributed by atoms with Crippen LogP contribution in [0.5, 0.6) is 0 Å². The molecule has 1 unspecified atom stereocenters. The van der Waals surface area contributed by atoms with Gasteiger partial charge in [-0.15, -0.1) is 11.3 Å². The normalized spacial score (nSPS) is 23.1. The summed E-state index contributed by atoms with van der Waals surface area (Å²) in [6, 6.07) is 7.58. The average Bonchev–Trinajstić information content (AvgIpc) is 3.10. The molecule has 6 heteroatoms. The van der Waals surface area contributed by atoms with Crippen molar-refractivity contribution < 1.29 is 14.5 Å². The lowest BCUT2D eigenvalue weighted by Crippen LogP contribution is -3.14. The Kier molecular flexibility index (Phi) is 3.52. The number of rotatable bonds is 2. The molecule has 0 saturated heterocycles. The highest BCUT2D eigenvalue weighted by atomic mass is 35.5. The number of halogens is 1. The van der Waals surface area contributed by atoms with Crippen LogP contribution in [0.1, 0.15) is 33.8 Å². The van der Waals surface area contributed by atoms with Crippen LogP contribution in [-0.2, 0) is 11.2 Å². The van der Waals surface area contributed by atoms with Gasteiger partial charge in [-0.1, -0.05) is 11.6 Å². The maximum atomic E-state index is 12.4. The molecule has 2 aliphatic rings. The number of benzene rings is 1. The summed E-state index contributed by atoms with van der Waals surface area (Å²) in [5, 5.41) is 2.61. The number of fused-ring (bicyclic) bond motifs is 2. The van der Waals surface area contributed by atoms with Gasteiger partial charge in [0.25, 0.3) is 5.78 Å². The van der Waals surface area contributed by atoms with Crippen molar-refractivity contribution in [2.45, 2.75) is 19.4 Å². The Morgan fingerprint density at radius 2 is 2.17 bits per heavy atom. The van der Waals surface area contributed by atoms with Crippen molar-refractivity contribution in [1.82, 2.24) is 0 Å². The number of nitrogens with zero attached hydrogens (tertiary/aromatic N) is 1. The Morgan fingerprint density at radius 3 is 3.00 bits per heavy atom. The fourth-order valence-electron chi connectivity index (χ4n) is 3.50. The van der Waals surface area contributed by atoms with E-state index in [9.17, 15) is 9.59 Å². The number of carbonyl (C=O) groups excluding carboxylic acids is 2. The van der Waals surface area contributed by atoms with Crippen molar-refractivity contribution in [3.63, 3.8) is 0 Å². The minimum Gasteiger partial charge on any atom is -0.311 e. The summed E-state index contributed by atoms with van der Waals surface area (Å²) in [6.07, 6.45) is 1.02. The highest BCUT2D eigenvalue weighted by Crippen LogP contribution is 2.31. The van der Waals surface area contributed by atoms with Gasteiger partial charge in [0.05, 0.1) is 17.8 Å². The van der Waals surface area contributed by atoms with Crippen LogP contribution in [0.3, 0.4) is 0 Å². The minimum absolute atomic E-state index is 0.323. The molecule has 2 aliphatic heterocycles. The summed E-state index contributed by atoms with van der Waals surface area (Å²) in [4.78, 5) is 28.9. The molecule has 0 fully saturated rings. The Hall–Kier alpha value is -1.69. The van der Waals surface area contributed by atoms with Crippen molar-refractivity contribution in [2.75, 3.05) is 18.1 Å². The number of hydrogen-bond donors (Lipinski definition) is 1. The molecule has 2 aromatic rings. The SMILES string of the molecule is C[C@H]1c2ccsc2CC[NH+]1CN1C(=O)C(=O)c2cc(Cl)ccc21. The molecular weight excluding hydrogens is 332 g/mol. The Morgan fingerprint density at radius 1 is 1.35 bits per heavy atom. The van der Waals surface area contributed by atoms with Gasteiger partial charge in [0.15, 0.2) is 6.67 Å². The van der Waals surface area contributed by atoms with Gasteiger partial charge in [0.2, 0.25) is 0 Å². The van der Waals surface area contributed by atoms with Crippen molar-refractivity contribution >= 4 is 40.3 Å². The molecule has 1 aromatic heterocycles. The number of ketones is 1. The summed E-state index contributed by atoms with van der Waals surface area (Å²) in [6.45, 7) is 3.66. The fraction of sp³-hybridized carbons (Fsp3) is 0.294. The third kappa shape index (κ3) is 2.31. The van der Waals surface area contributed by atoms with Crippen molar-refractivity contribution in [1.29, 1.82) is 0 Å². The number of amides is 1. The first-order valence-corrected chi connectivity index (χ1v) is 8.88. The zero-order valence-corrected chi connectivity index (χ0v) is 14.2. The summed E-state index contributed by atoms with van der Waals surface area (Å²) < 4.78 is 0. The van der Waals surface area contributed by atoms with Crippen LogP contribution >= 0.6 is 22.9 Å².